The predicted molar refractivity (Wildman–Crippen MR) is 70.6 cm³/mol. The van der Waals surface area contributed by atoms with Crippen LogP contribution in [0.25, 0.3) is 0 Å². The molecule has 1 rings (SSSR count). The zero-order chi connectivity index (χ0) is 14.8. The maximum absolute atomic E-state index is 12.8. The van der Waals surface area contributed by atoms with Gasteiger partial charge in [0.2, 0.25) is 5.91 Å². The van der Waals surface area contributed by atoms with Crippen LogP contribution in [0, 0.1) is 5.92 Å². The smallest absolute Gasteiger partial charge is 0.324 e. The van der Waals surface area contributed by atoms with E-state index in [1.807, 2.05) is 0 Å². The Kier molecular flexibility index (Phi) is 4.98. The molecular formula is C12H14BrF3N2O. The molecule has 0 aromatic heterocycles. The summed E-state index contributed by atoms with van der Waals surface area (Å²) < 4.78 is 38.8. The molecular weight excluding hydrogens is 325 g/mol. The molecule has 0 heterocycles. The standard InChI is InChI=1S/C12H14BrF3N2O/c1-6(2)10(17)11(19)18-9-4-3-7(13)5-8(9)12(14,15)16/h3-6,10H,17H2,1-2H3,(H,18,19)/t10-/m1/s1. The number of hydrogen-bond acceptors (Lipinski definition) is 2. The van der Waals surface area contributed by atoms with Crippen molar-refractivity contribution in [2.75, 3.05) is 5.32 Å². The van der Waals surface area contributed by atoms with Gasteiger partial charge in [0.1, 0.15) is 0 Å². The Balaban J connectivity index is 3.05. The second-order valence-electron chi connectivity index (χ2n) is 4.45. The third-order valence-corrected chi connectivity index (χ3v) is 3.06. The quantitative estimate of drug-likeness (QED) is 0.887. The van der Waals surface area contributed by atoms with Crippen molar-refractivity contribution < 1.29 is 18.0 Å². The van der Waals surface area contributed by atoms with Crippen molar-refractivity contribution in [1.29, 1.82) is 0 Å². The van der Waals surface area contributed by atoms with Gasteiger partial charge in [-0.1, -0.05) is 29.8 Å². The van der Waals surface area contributed by atoms with Crippen LogP contribution in [0.5, 0.6) is 0 Å². The van der Waals surface area contributed by atoms with E-state index >= 15 is 0 Å². The van der Waals surface area contributed by atoms with E-state index in [1.165, 1.54) is 12.1 Å². The summed E-state index contributed by atoms with van der Waals surface area (Å²) in [6.45, 7) is 3.44. The lowest BCUT2D eigenvalue weighted by atomic mass is 10.0. The zero-order valence-corrected chi connectivity index (χ0v) is 12.0. The summed E-state index contributed by atoms with van der Waals surface area (Å²) >= 11 is 2.97. The molecule has 0 aliphatic heterocycles. The molecule has 0 radical (unpaired) electrons. The van der Waals surface area contributed by atoms with Gasteiger partial charge >= 0.3 is 6.18 Å². The van der Waals surface area contributed by atoms with Crippen molar-refractivity contribution in [3.05, 3.63) is 28.2 Å². The minimum absolute atomic E-state index is 0.162. The van der Waals surface area contributed by atoms with Gasteiger partial charge in [-0.15, -0.1) is 0 Å². The Bertz CT molecular complexity index is 475. The Morgan fingerprint density at radius 1 is 1.37 bits per heavy atom. The van der Waals surface area contributed by atoms with Crippen molar-refractivity contribution in [2.24, 2.45) is 11.7 Å². The fourth-order valence-electron chi connectivity index (χ4n) is 1.38. The second-order valence-corrected chi connectivity index (χ2v) is 5.36. The van der Waals surface area contributed by atoms with E-state index in [0.29, 0.717) is 0 Å². The fraction of sp³-hybridized carbons (Fsp3) is 0.417. The van der Waals surface area contributed by atoms with Crippen LogP contribution in [-0.4, -0.2) is 11.9 Å². The van der Waals surface area contributed by atoms with Crippen LogP contribution in [0.15, 0.2) is 22.7 Å². The van der Waals surface area contributed by atoms with E-state index in [2.05, 4.69) is 21.2 Å². The van der Waals surface area contributed by atoms with Crippen LogP contribution < -0.4 is 11.1 Å². The Morgan fingerprint density at radius 2 is 1.95 bits per heavy atom. The van der Waals surface area contributed by atoms with Gasteiger partial charge in [-0.25, -0.2) is 0 Å². The van der Waals surface area contributed by atoms with Gasteiger partial charge < -0.3 is 11.1 Å². The highest BCUT2D eigenvalue weighted by molar-refractivity contribution is 9.10. The van der Waals surface area contributed by atoms with Crippen molar-refractivity contribution in [3.8, 4) is 0 Å². The highest BCUT2D eigenvalue weighted by Gasteiger charge is 2.34. The van der Waals surface area contributed by atoms with E-state index < -0.39 is 23.7 Å². The zero-order valence-electron chi connectivity index (χ0n) is 10.4. The molecule has 1 amide bonds. The normalized spacial score (nSPS) is 13.5. The summed E-state index contributed by atoms with van der Waals surface area (Å²) in [6.07, 6.45) is -4.55. The molecule has 3 nitrogen and oxygen atoms in total. The van der Waals surface area contributed by atoms with Gasteiger partial charge in [0.25, 0.3) is 0 Å². The lowest BCUT2D eigenvalue weighted by Gasteiger charge is -2.18. The van der Waals surface area contributed by atoms with Crippen LogP contribution in [0.2, 0.25) is 0 Å². The summed E-state index contributed by atoms with van der Waals surface area (Å²) in [5, 5.41) is 2.22. The molecule has 0 aliphatic rings. The number of nitrogens with two attached hydrogens (primary N) is 1. The van der Waals surface area contributed by atoms with E-state index in [4.69, 9.17) is 5.73 Å². The van der Waals surface area contributed by atoms with Gasteiger partial charge in [-0.3, -0.25) is 4.79 Å². The second kappa shape index (κ2) is 5.92. The van der Waals surface area contributed by atoms with Gasteiger partial charge in [0.05, 0.1) is 17.3 Å². The number of rotatable bonds is 3. The van der Waals surface area contributed by atoms with Crippen LogP contribution in [0.4, 0.5) is 18.9 Å². The monoisotopic (exact) mass is 338 g/mol. The number of nitrogens with one attached hydrogen (secondary N) is 1. The van der Waals surface area contributed by atoms with E-state index in [0.717, 1.165) is 6.07 Å². The fourth-order valence-corrected chi connectivity index (χ4v) is 1.74. The number of benzene rings is 1. The summed E-state index contributed by atoms with van der Waals surface area (Å²) in [6, 6.07) is 2.67. The van der Waals surface area contributed by atoms with E-state index in [1.54, 1.807) is 13.8 Å². The van der Waals surface area contributed by atoms with Crippen LogP contribution >= 0.6 is 15.9 Å². The van der Waals surface area contributed by atoms with E-state index in [-0.39, 0.29) is 16.1 Å². The number of hydrogen-bond donors (Lipinski definition) is 2. The first-order valence-electron chi connectivity index (χ1n) is 5.56. The minimum atomic E-state index is -4.55. The molecule has 0 unspecified atom stereocenters. The first-order chi connectivity index (χ1) is 8.62. The lowest BCUT2D eigenvalue weighted by Crippen LogP contribution is -2.40. The molecule has 0 saturated heterocycles. The first-order valence-corrected chi connectivity index (χ1v) is 6.35. The summed E-state index contributed by atoms with van der Waals surface area (Å²) in [4.78, 5) is 11.7. The number of carbonyl (C=O) groups excluding carboxylic acids is 1. The minimum Gasteiger partial charge on any atom is -0.324 e. The van der Waals surface area contributed by atoms with E-state index in [9.17, 15) is 18.0 Å². The Hall–Kier alpha value is -1.08. The maximum atomic E-state index is 12.8. The molecule has 1 atom stereocenters. The third kappa shape index (κ3) is 4.21. The van der Waals surface area contributed by atoms with Crippen LogP contribution in [-0.2, 0) is 11.0 Å². The average molecular weight is 339 g/mol. The van der Waals surface area contributed by atoms with Crippen LogP contribution in [0.1, 0.15) is 19.4 Å². The molecule has 106 valence electrons. The van der Waals surface area contributed by atoms with Crippen molar-refractivity contribution >= 4 is 27.5 Å². The molecule has 19 heavy (non-hydrogen) atoms. The molecule has 0 aliphatic carbocycles. The van der Waals surface area contributed by atoms with Crippen molar-refractivity contribution in [3.63, 3.8) is 0 Å². The summed E-state index contributed by atoms with van der Waals surface area (Å²) in [7, 11) is 0. The number of amides is 1. The van der Waals surface area contributed by atoms with Gasteiger partial charge in [0.15, 0.2) is 0 Å². The highest BCUT2D eigenvalue weighted by atomic mass is 79.9. The maximum Gasteiger partial charge on any atom is 0.418 e. The Labute approximate surface area is 117 Å². The van der Waals surface area contributed by atoms with Gasteiger partial charge in [-0.05, 0) is 24.1 Å². The first kappa shape index (κ1) is 16.0. The molecule has 1 aromatic rings. The van der Waals surface area contributed by atoms with Gasteiger partial charge in [-0.2, -0.15) is 13.2 Å². The number of halogens is 4. The van der Waals surface area contributed by atoms with Gasteiger partial charge in [0, 0.05) is 4.47 Å². The highest BCUT2D eigenvalue weighted by Crippen LogP contribution is 2.36. The molecule has 0 spiro atoms. The predicted octanol–water partition coefficient (Wildman–Crippen LogP) is 3.39. The molecule has 7 heteroatoms. The topological polar surface area (TPSA) is 55.1 Å². The molecule has 1 aromatic carbocycles. The SMILES string of the molecule is CC(C)[C@@H](N)C(=O)Nc1ccc(Br)cc1C(F)(F)F. The number of anilines is 1. The van der Waals surface area contributed by atoms with Crippen molar-refractivity contribution in [2.45, 2.75) is 26.1 Å². The van der Waals surface area contributed by atoms with Crippen molar-refractivity contribution in [1.82, 2.24) is 0 Å². The average Bonchev–Trinajstić information content (AvgIpc) is 2.28. The summed E-state index contributed by atoms with van der Waals surface area (Å²) in [5.74, 6) is -0.799. The molecule has 0 bridgehead atoms. The molecule has 3 N–H and O–H groups in total. The molecule has 0 fully saturated rings. The Morgan fingerprint density at radius 3 is 2.42 bits per heavy atom. The summed E-state index contributed by atoms with van der Waals surface area (Å²) in [5.41, 5.74) is 4.39. The molecule has 0 saturated carbocycles. The number of alkyl halides is 3. The lowest BCUT2D eigenvalue weighted by molar-refractivity contribution is -0.137. The largest absolute Gasteiger partial charge is 0.418 e. The van der Waals surface area contributed by atoms with Crippen LogP contribution in [0.3, 0.4) is 0 Å². The number of carbonyl (C=O) groups is 1. The third-order valence-electron chi connectivity index (χ3n) is 2.57.